The lowest BCUT2D eigenvalue weighted by Crippen LogP contribution is -2.20. The van der Waals surface area contributed by atoms with Crippen molar-refractivity contribution in [1.82, 2.24) is 0 Å². The topological polar surface area (TPSA) is 119 Å². The highest BCUT2D eigenvalue weighted by molar-refractivity contribution is 6.09. The molecule has 0 spiro atoms. The number of amides is 2. The van der Waals surface area contributed by atoms with Crippen molar-refractivity contribution in [1.29, 1.82) is 5.26 Å². The lowest BCUT2D eigenvalue weighted by atomic mass is 10.1. The number of anilines is 2. The zero-order chi connectivity index (χ0) is 28.7. The van der Waals surface area contributed by atoms with Crippen LogP contribution in [0.3, 0.4) is 0 Å². The van der Waals surface area contributed by atoms with Gasteiger partial charge in [0.05, 0.1) is 12.7 Å². The SMILES string of the molecule is COc1cc(/C=C(/C#N)C(=O)Nc2ccc3c(c2)OCCO3)ccc1OCC(=O)Nc1cccc(C(F)(F)F)c1. The van der Waals surface area contributed by atoms with Crippen molar-refractivity contribution in [3.8, 4) is 29.1 Å². The summed E-state index contributed by atoms with van der Waals surface area (Å²) < 4.78 is 60.4. The van der Waals surface area contributed by atoms with E-state index >= 15 is 0 Å². The number of ether oxygens (including phenoxy) is 4. The molecule has 0 bridgehead atoms. The minimum absolute atomic E-state index is 0.0329. The van der Waals surface area contributed by atoms with E-state index in [0.29, 0.717) is 36.0 Å². The van der Waals surface area contributed by atoms with Gasteiger partial charge in [-0.2, -0.15) is 18.4 Å². The molecule has 206 valence electrons. The summed E-state index contributed by atoms with van der Waals surface area (Å²) in [6.45, 7) is 0.305. The Bertz CT molecular complexity index is 1500. The third-order valence-corrected chi connectivity index (χ3v) is 5.50. The fraction of sp³-hybridized carbons (Fsp3) is 0.179. The number of rotatable bonds is 8. The first-order valence-corrected chi connectivity index (χ1v) is 11.8. The molecule has 0 radical (unpaired) electrons. The first-order chi connectivity index (χ1) is 19.2. The van der Waals surface area contributed by atoms with Crippen molar-refractivity contribution in [2.75, 3.05) is 37.6 Å². The van der Waals surface area contributed by atoms with Crippen LogP contribution in [0.1, 0.15) is 11.1 Å². The van der Waals surface area contributed by atoms with Crippen LogP contribution in [0.25, 0.3) is 6.08 Å². The normalized spacial score (nSPS) is 12.6. The molecule has 0 saturated heterocycles. The summed E-state index contributed by atoms with van der Waals surface area (Å²) in [5, 5.41) is 14.5. The van der Waals surface area contributed by atoms with Crippen LogP contribution in [0.2, 0.25) is 0 Å². The van der Waals surface area contributed by atoms with Crippen LogP contribution in [0.4, 0.5) is 24.5 Å². The number of hydrogen-bond acceptors (Lipinski definition) is 7. The van der Waals surface area contributed by atoms with Crippen LogP contribution >= 0.6 is 0 Å². The van der Waals surface area contributed by atoms with Gasteiger partial charge in [0.1, 0.15) is 24.9 Å². The molecule has 1 heterocycles. The Morgan fingerprint density at radius 3 is 2.45 bits per heavy atom. The average molecular weight is 553 g/mol. The third kappa shape index (κ3) is 7.02. The number of nitriles is 1. The molecule has 2 N–H and O–H groups in total. The largest absolute Gasteiger partial charge is 0.493 e. The smallest absolute Gasteiger partial charge is 0.416 e. The molecule has 0 saturated carbocycles. The molecule has 4 rings (SSSR count). The summed E-state index contributed by atoms with van der Waals surface area (Å²) in [7, 11) is 1.36. The Hall–Kier alpha value is -5.18. The molecule has 12 heteroatoms. The molecule has 1 aliphatic rings. The van der Waals surface area contributed by atoms with Crippen LogP contribution in [0.15, 0.2) is 66.2 Å². The zero-order valence-electron chi connectivity index (χ0n) is 21.0. The van der Waals surface area contributed by atoms with E-state index in [2.05, 4.69) is 10.6 Å². The Kier molecular flexibility index (Phi) is 8.44. The maximum atomic E-state index is 12.9. The summed E-state index contributed by atoms with van der Waals surface area (Å²) in [6.07, 6.45) is -3.20. The fourth-order valence-corrected chi connectivity index (χ4v) is 3.64. The highest BCUT2D eigenvalue weighted by Crippen LogP contribution is 2.33. The average Bonchev–Trinajstić information content (AvgIpc) is 2.94. The van der Waals surface area contributed by atoms with Crippen LogP contribution < -0.4 is 29.6 Å². The van der Waals surface area contributed by atoms with Gasteiger partial charge in [0.15, 0.2) is 29.6 Å². The highest BCUT2D eigenvalue weighted by Gasteiger charge is 2.30. The molecule has 40 heavy (non-hydrogen) atoms. The number of nitrogens with zero attached hydrogens (tertiary/aromatic N) is 1. The van der Waals surface area contributed by atoms with E-state index in [4.69, 9.17) is 18.9 Å². The van der Waals surface area contributed by atoms with Gasteiger partial charge in [-0.15, -0.1) is 0 Å². The van der Waals surface area contributed by atoms with Gasteiger partial charge >= 0.3 is 6.18 Å². The molecular weight excluding hydrogens is 531 g/mol. The van der Waals surface area contributed by atoms with Gasteiger partial charge < -0.3 is 29.6 Å². The van der Waals surface area contributed by atoms with Gasteiger partial charge in [0, 0.05) is 17.4 Å². The number of nitrogens with one attached hydrogen (secondary N) is 2. The summed E-state index contributed by atoms with van der Waals surface area (Å²) in [6, 6.07) is 15.5. The molecule has 0 unspecified atom stereocenters. The highest BCUT2D eigenvalue weighted by atomic mass is 19.4. The standard InChI is InChI=1S/C28H22F3N3O6/c1-37-24-12-17(11-18(15-32)27(36)34-21-6-8-23-25(14-21)39-10-9-38-23)5-7-22(24)40-16-26(35)33-20-4-2-3-19(13-20)28(29,30)31/h2-8,11-14H,9-10,16H2,1H3,(H,33,35)(H,34,36)/b18-11-. The predicted octanol–water partition coefficient (Wildman–Crippen LogP) is 5.05. The van der Waals surface area contributed by atoms with Crippen molar-refractivity contribution >= 4 is 29.3 Å². The maximum Gasteiger partial charge on any atom is 0.416 e. The first kappa shape index (κ1) is 27.8. The number of alkyl halides is 3. The predicted molar refractivity (Wildman–Crippen MR) is 138 cm³/mol. The van der Waals surface area contributed by atoms with Crippen LogP contribution in [0, 0.1) is 11.3 Å². The number of carbonyl (C=O) groups is 2. The number of carbonyl (C=O) groups excluding carboxylic acids is 2. The number of fused-ring (bicyclic) bond motifs is 1. The molecule has 0 fully saturated rings. The van der Waals surface area contributed by atoms with Crippen LogP contribution in [-0.2, 0) is 15.8 Å². The molecule has 1 aliphatic heterocycles. The first-order valence-electron chi connectivity index (χ1n) is 11.8. The Labute approximate surface area is 226 Å². The quantitative estimate of drug-likeness (QED) is 0.296. The Morgan fingerprint density at radius 2 is 1.73 bits per heavy atom. The van der Waals surface area contributed by atoms with Gasteiger partial charge in [-0.25, -0.2) is 0 Å². The van der Waals surface area contributed by atoms with Crippen molar-refractivity contribution in [3.05, 3.63) is 77.4 Å². The van der Waals surface area contributed by atoms with E-state index < -0.39 is 30.2 Å². The second-order valence-corrected chi connectivity index (χ2v) is 8.31. The van der Waals surface area contributed by atoms with E-state index in [-0.39, 0.29) is 22.8 Å². The number of halogens is 3. The molecular formula is C28H22F3N3O6. The summed E-state index contributed by atoms with van der Waals surface area (Å²) in [5.74, 6) is 0.0686. The second kappa shape index (κ2) is 12.1. The molecule has 3 aromatic rings. The van der Waals surface area contributed by atoms with Gasteiger partial charge in [-0.1, -0.05) is 12.1 Å². The fourth-order valence-electron chi connectivity index (χ4n) is 3.64. The number of hydrogen-bond donors (Lipinski definition) is 2. The van der Waals surface area contributed by atoms with E-state index in [1.54, 1.807) is 18.2 Å². The number of benzene rings is 3. The summed E-state index contributed by atoms with van der Waals surface area (Å²) in [5.41, 5.74) is -0.264. The monoisotopic (exact) mass is 553 g/mol. The third-order valence-electron chi connectivity index (χ3n) is 5.50. The lowest BCUT2D eigenvalue weighted by molar-refractivity contribution is -0.137. The second-order valence-electron chi connectivity index (χ2n) is 8.31. The maximum absolute atomic E-state index is 12.9. The molecule has 0 aromatic heterocycles. The zero-order valence-corrected chi connectivity index (χ0v) is 21.0. The molecule has 0 aliphatic carbocycles. The minimum Gasteiger partial charge on any atom is -0.493 e. The van der Waals surface area contributed by atoms with Crippen molar-refractivity contribution < 1.29 is 41.7 Å². The van der Waals surface area contributed by atoms with E-state index in [1.165, 1.54) is 43.5 Å². The van der Waals surface area contributed by atoms with Crippen molar-refractivity contribution in [3.63, 3.8) is 0 Å². The number of methoxy groups -OCH3 is 1. The van der Waals surface area contributed by atoms with Gasteiger partial charge in [-0.3, -0.25) is 9.59 Å². The van der Waals surface area contributed by atoms with Gasteiger partial charge in [0.2, 0.25) is 0 Å². The minimum atomic E-state index is -4.54. The molecule has 2 amide bonds. The Balaban J connectivity index is 1.40. The van der Waals surface area contributed by atoms with E-state index in [0.717, 1.165) is 12.1 Å². The van der Waals surface area contributed by atoms with Crippen LogP contribution in [-0.4, -0.2) is 38.7 Å². The van der Waals surface area contributed by atoms with Crippen molar-refractivity contribution in [2.24, 2.45) is 0 Å². The van der Waals surface area contributed by atoms with Gasteiger partial charge in [-0.05, 0) is 54.1 Å². The van der Waals surface area contributed by atoms with Gasteiger partial charge in [0.25, 0.3) is 11.8 Å². The summed E-state index contributed by atoms with van der Waals surface area (Å²) in [4.78, 5) is 24.9. The lowest BCUT2D eigenvalue weighted by Gasteiger charge is -2.18. The van der Waals surface area contributed by atoms with E-state index in [9.17, 15) is 28.0 Å². The molecule has 0 atom stereocenters. The molecule has 9 nitrogen and oxygen atoms in total. The van der Waals surface area contributed by atoms with Crippen LogP contribution in [0.5, 0.6) is 23.0 Å². The molecule has 3 aromatic carbocycles. The summed E-state index contributed by atoms with van der Waals surface area (Å²) >= 11 is 0. The van der Waals surface area contributed by atoms with E-state index in [1.807, 2.05) is 6.07 Å². The Morgan fingerprint density at radius 1 is 0.975 bits per heavy atom. The van der Waals surface area contributed by atoms with Crippen molar-refractivity contribution in [2.45, 2.75) is 6.18 Å².